The molecule has 0 bridgehead atoms. The largest absolute Gasteiger partial charge is 0.480 e. The fourth-order valence-electron chi connectivity index (χ4n) is 1.54. The SMILES string of the molecule is CC(C)C(NC(=O)CNCC(=O)O)c1cccs1. The van der Waals surface area contributed by atoms with Crippen molar-refractivity contribution in [3.63, 3.8) is 0 Å². The fraction of sp³-hybridized carbons (Fsp3) is 0.500. The molecule has 0 aromatic carbocycles. The van der Waals surface area contributed by atoms with Gasteiger partial charge in [-0.2, -0.15) is 0 Å². The van der Waals surface area contributed by atoms with E-state index in [-0.39, 0.29) is 31.0 Å². The molecule has 0 saturated heterocycles. The zero-order chi connectivity index (χ0) is 13.5. The van der Waals surface area contributed by atoms with Gasteiger partial charge in [0.15, 0.2) is 0 Å². The summed E-state index contributed by atoms with van der Waals surface area (Å²) < 4.78 is 0. The van der Waals surface area contributed by atoms with E-state index in [1.807, 2.05) is 31.4 Å². The Hall–Kier alpha value is -1.40. The predicted molar refractivity (Wildman–Crippen MR) is 70.5 cm³/mol. The van der Waals surface area contributed by atoms with Crippen molar-refractivity contribution in [1.29, 1.82) is 0 Å². The van der Waals surface area contributed by atoms with Gasteiger partial charge in [0.25, 0.3) is 0 Å². The molecule has 1 atom stereocenters. The highest BCUT2D eigenvalue weighted by Gasteiger charge is 2.18. The second-order valence-corrected chi connectivity index (χ2v) is 5.28. The molecule has 1 rings (SSSR count). The Balaban J connectivity index is 2.47. The van der Waals surface area contributed by atoms with Gasteiger partial charge in [0.2, 0.25) is 5.91 Å². The van der Waals surface area contributed by atoms with Crippen molar-refractivity contribution in [2.24, 2.45) is 5.92 Å². The van der Waals surface area contributed by atoms with Crippen molar-refractivity contribution in [3.8, 4) is 0 Å². The van der Waals surface area contributed by atoms with Crippen LogP contribution < -0.4 is 10.6 Å². The number of thiophene rings is 1. The molecule has 0 aliphatic heterocycles. The van der Waals surface area contributed by atoms with Crippen LogP contribution in [-0.2, 0) is 9.59 Å². The molecule has 6 heteroatoms. The number of hydrogen-bond donors (Lipinski definition) is 3. The Morgan fingerprint density at radius 2 is 2.11 bits per heavy atom. The first kappa shape index (κ1) is 14.7. The number of nitrogens with one attached hydrogen (secondary N) is 2. The van der Waals surface area contributed by atoms with Crippen molar-refractivity contribution in [2.45, 2.75) is 19.9 Å². The quantitative estimate of drug-likeness (QED) is 0.696. The molecule has 0 radical (unpaired) electrons. The molecule has 0 saturated carbocycles. The zero-order valence-electron chi connectivity index (χ0n) is 10.5. The summed E-state index contributed by atoms with van der Waals surface area (Å²) in [4.78, 5) is 23.1. The topological polar surface area (TPSA) is 78.4 Å². The minimum atomic E-state index is -0.971. The Labute approximate surface area is 110 Å². The summed E-state index contributed by atoms with van der Waals surface area (Å²) in [6.45, 7) is 3.88. The van der Waals surface area contributed by atoms with Gasteiger partial charge >= 0.3 is 5.97 Å². The molecular weight excluding hydrogens is 252 g/mol. The molecule has 1 aromatic rings. The van der Waals surface area contributed by atoms with Gasteiger partial charge in [-0.1, -0.05) is 19.9 Å². The van der Waals surface area contributed by atoms with Crippen molar-refractivity contribution in [3.05, 3.63) is 22.4 Å². The summed E-state index contributed by atoms with van der Waals surface area (Å²) in [6, 6.07) is 3.91. The van der Waals surface area contributed by atoms with E-state index >= 15 is 0 Å². The van der Waals surface area contributed by atoms with E-state index in [1.165, 1.54) is 0 Å². The molecule has 0 fully saturated rings. The smallest absolute Gasteiger partial charge is 0.317 e. The van der Waals surface area contributed by atoms with Gasteiger partial charge in [-0.25, -0.2) is 0 Å². The summed E-state index contributed by atoms with van der Waals surface area (Å²) in [5.74, 6) is -0.878. The van der Waals surface area contributed by atoms with Crippen molar-refractivity contribution >= 4 is 23.2 Å². The van der Waals surface area contributed by atoms with E-state index in [0.717, 1.165) is 4.88 Å². The van der Waals surface area contributed by atoms with Crippen LogP contribution in [0.25, 0.3) is 0 Å². The number of carboxylic acids is 1. The molecule has 1 amide bonds. The lowest BCUT2D eigenvalue weighted by atomic mass is 10.0. The third-order valence-corrected chi connectivity index (χ3v) is 3.35. The van der Waals surface area contributed by atoms with Crippen molar-refractivity contribution < 1.29 is 14.7 Å². The highest BCUT2D eigenvalue weighted by atomic mass is 32.1. The first-order chi connectivity index (χ1) is 8.50. The molecule has 18 heavy (non-hydrogen) atoms. The minimum Gasteiger partial charge on any atom is -0.480 e. The third kappa shape index (κ3) is 4.85. The zero-order valence-corrected chi connectivity index (χ0v) is 11.3. The number of carbonyl (C=O) groups excluding carboxylic acids is 1. The first-order valence-corrected chi connectivity index (χ1v) is 6.64. The van der Waals surface area contributed by atoms with Crippen LogP contribution in [0.5, 0.6) is 0 Å². The highest BCUT2D eigenvalue weighted by Crippen LogP contribution is 2.25. The van der Waals surface area contributed by atoms with Crippen LogP contribution in [0.15, 0.2) is 17.5 Å². The van der Waals surface area contributed by atoms with Gasteiger partial charge < -0.3 is 10.4 Å². The molecule has 1 aromatic heterocycles. The van der Waals surface area contributed by atoms with E-state index in [0.29, 0.717) is 0 Å². The van der Waals surface area contributed by atoms with Gasteiger partial charge in [0.05, 0.1) is 19.1 Å². The van der Waals surface area contributed by atoms with Gasteiger partial charge in [-0.3, -0.25) is 14.9 Å². The van der Waals surface area contributed by atoms with Crippen LogP contribution in [0.1, 0.15) is 24.8 Å². The monoisotopic (exact) mass is 270 g/mol. The van der Waals surface area contributed by atoms with E-state index in [4.69, 9.17) is 5.11 Å². The molecule has 1 heterocycles. The standard InChI is InChI=1S/C12H18N2O3S/c1-8(2)12(9-4-3-5-18-9)14-10(15)6-13-7-11(16)17/h3-5,8,12-13H,6-7H2,1-2H3,(H,14,15)(H,16,17). The fourth-order valence-corrected chi connectivity index (χ4v) is 2.49. The van der Waals surface area contributed by atoms with Crippen molar-refractivity contribution in [1.82, 2.24) is 10.6 Å². The van der Waals surface area contributed by atoms with E-state index in [1.54, 1.807) is 11.3 Å². The molecule has 0 spiro atoms. The lowest BCUT2D eigenvalue weighted by molar-refractivity contribution is -0.136. The maximum atomic E-state index is 11.7. The van der Waals surface area contributed by atoms with Gasteiger partial charge in [0, 0.05) is 4.88 Å². The van der Waals surface area contributed by atoms with Crippen LogP contribution in [-0.4, -0.2) is 30.1 Å². The van der Waals surface area contributed by atoms with Crippen molar-refractivity contribution in [2.75, 3.05) is 13.1 Å². The minimum absolute atomic E-state index is 0.0148. The van der Waals surface area contributed by atoms with E-state index < -0.39 is 5.97 Å². The summed E-state index contributed by atoms with van der Waals surface area (Å²) in [5, 5.41) is 15.9. The van der Waals surface area contributed by atoms with E-state index in [9.17, 15) is 9.59 Å². The summed E-state index contributed by atoms with van der Waals surface area (Å²) in [5.41, 5.74) is 0. The highest BCUT2D eigenvalue weighted by molar-refractivity contribution is 7.10. The van der Waals surface area contributed by atoms with Gasteiger partial charge in [-0.15, -0.1) is 11.3 Å². The lowest BCUT2D eigenvalue weighted by Gasteiger charge is -2.21. The molecule has 5 nitrogen and oxygen atoms in total. The van der Waals surface area contributed by atoms with Crippen LogP contribution in [0.3, 0.4) is 0 Å². The molecule has 3 N–H and O–H groups in total. The number of carbonyl (C=O) groups is 2. The summed E-state index contributed by atoms with van der Waals surface area (Å²) in [6.07, 6.45) is 0. The van der Waals surface area contributed by atoms with Gasteiger partial charge in [-0.05, 0) is 17.4 Å². The summed E-state index contributed by atoms with van der Waals surface area (Å²) >= 11 is 1.60. The normalized spacial score (nSPS) is 12.4. The lowest BCUT2D eigenvalue weighted by Crippen LogP contribution is -2.39. The molecular formula is C12H18N2O3S. The second kappa shape index (κ2) is 7.13. The number of aliphatic carboxylic acids is 1. The molecule has 100 valence electrons. The molecule has 0 aliphatic rings. The Morgan fingerprint density at radius 1 is 1.39 bits per heavy atom. The average molecular weight is 270 g/mol. The van der Waals surface area contributed by atoms with Gasteiger partial charge in [0.1, 0.15) is 0 Å². The predicted octanol–water partition coefficient (Wildman–Crippen LogP) is 1.24. The molecule has 1 unspecified atom stereocenters. The Bertz CT molecular complexity index is 390. The number of amides is 1. The van der Waals surface area contributed by atoms with Crippen LogP contribution >= 0.6 is 11.3 Å². The number of carboxylic acid groups (broad SMARTS) is 1. The average Bonchev–Trinajstić information content (AvgIpc) is 2.78. The van der Waals surface area contributed by atoms with Crippen LogP contribution in [0.4, 0.5) is 0 Å². The maximum absolute atomic E-state index is 11.7. The first-order valence-electron chi connectivity index (χ1n) is 5.76. The maximum Gasteiger partial charge on any atom is 0.317 e. The Kier molecular flexibility index (Phi) is 5.80. The number of hydrogen-bond acceptors (Lipinski definition) is 4. The third-order valence-electron chi connectivity index (χ3n) is 2.39. The Morgan fingerprint density at radius 3 is 2.61 bits per heavy atom. The second-order valence-electron chi connectivity index (χ2n) is 4.30. The summed E-state index contributed by atoms with van der Waals surface area (Å²) in [7, 11) is 0. The molecule has 0 aliphatic carbocycles. The van der Waals surface area contributed by atoms with Crippen LogP contribution in [0.2, 0.25) is 0 Å². The van der Waals surface area contributed by atoms with E-state index in [2.05, 4.69) is 10.6 Å². The number of rotatable bonds is 7. The van der Waals surface area contributed by atoms with Crippen LogP contribution in [0, 0.1) is 5.92 Å².